The second-order valence-electron chi connectivity index (χ2n) is 7.70. The highest BCUT2D eigenvalue weighted by Crippen LogP contribution is 2.43. The molecular formula is C22H19N3O9S2. The Bertz CT molecular complexity index is 1680. The van der Waals surface area contributed by atoms with Crippen molar-refractivity contribution >= 4 is 48.9 Å². The number of fused-ring (bicyclic) bond motifs is 2. The van der Waals surface area contributed by atoms with Crippen molar-refractivity contribution in [3.05, 3.63) is 70.3 Å². The Labute approximate surface area is 205 Å². The first-order valence-electron chi connectivity index (χ1n) is 10.1. The van der Waals surface area contributed by atoms with Crippen LogP contribution in [0.3, 0.4) is 0 Å². The molecule has 1 aliphatic carbocycles. The van der Waals surface area contributed by atoms with Gasteiger partial charge in [0, 0.05) is 17.7 Å². The number of benzene rings is 3. The van der Waals surface area contributed by atoms with E-state index < -0.39 is 64.2 Å². The van der Waals surface area contributed by atoms with E-state index in [1.54, 1.807) is 0 Å². The molecule has 12 nitrogen and oxygen atoms in total. The van der Waals surface area contributed by atoms with E-state index in [1.165, 1.54) is 43.5 Å². The molecule has 0 aromatic heterocycles. The largest absolute Gasteiger partial charge is 0.495 e. The van der Waals surface area contributed by atoms with Crippen LogP contribution in [0.5, 0.6) is 5.75 Å². The van der Waals surface area contributed by atoms with Crippen LogP contribution in [-0.4, -0.2) is 44.6 Å². The van der Waals surface area contributed by atoms with Crippen LogP contribution < -0.4 is 21.5 Å². The number of nitrogens with two attached hydrogens (primary N) is 2. The molecule has 3 aromatic rings. The zero-order chi connectivity index (χ0) is 26.6. The molecule has 0 atom stereocenters. The van der Waals surface area contributed by atoms with E-state index >= 15 is 0 Å². The lowest BCUT2D eigenvalue weighted by Gasteiger charge is -2.25. The number of ketones is 2. The molecular weight excluding hydrogens is 514 g/mol. The summed E-state index contributed by atoms with van der Waals surface area (Å²) in [7, 11) is -8.75. The number of rotatable bonds is 6. The van der Waals surface area contributed by atoms with Crippen LogP contribution >= 0.6 is 0 Å². The van der Waals surface area contributed by atoms with E-state index in [-0.39, 0.29) is 34.5 Å². The van der Waals surface area contributed by atoms with Crippen LogP contribution in [0.25, 0.3) is 0 Å². The molecule has 3 aromatic carbocycles. The molecule has 1 aliphatic rings. The highest BCUT2D eigenvalue weighted by atomic mass is 32.2. The molecule has 0 aliphatic heterocycles. The van der Waals surface area contributed by atoms with Gasteiger partial charge in [0.05, 0.1) is 29.6 Å². The highest BCUT2D eigenvalue weighted by Gasteiger charge is 2.37. The fourth-order valence-corrected chi connectivity index (χ4v) is 5.63. The first-order chi connectivity index (χ1) is 16.8. The van der Waals surface area contributed by atoms with Crippen LogP contribution in [0.15, 0.2) is 52.3 Å². The summed E-state index contributed by atoms with van der Waals surface area (Å²) >= 11 is 0. The minimum Gasteiger partial charge on any atom is -0.495 e. The van der Waals surface area contributed by atoms with Crippen molar-refractivity contribution in [1.82, 2.24) is 0 Å². The summed E-state index contributed by atoms with van der Waals surface area (Å²) in [5.74, 6) is -1.64. The SMILES string of the molecule is COc1ccc(CN)c(S(=O)(=O)O)c1Nc1cc(S(=O)(=O)O)c(N)c2c1C(=O)c1ccccc1C2=O. The molecule has 0 bridgehead atoms. The van der Waals surface area contributed by atoms with Crippen LogP contribution in [0.4, 0.5) is 17.1 Å². The summed E-state index contributed by atoms with van der Waals surface area (Å²) < 4.78 is 73.6. The van der Waals surface area contributed by atoms with Crippen molar-refractivity contribution < 1.29 is 40.3 Å². The normalized spacial score (nSPS) is 13.2. The Hall–Kier alpha value is -3.82. The topological polar surface area (TPSA) is 216 Å². The molecule has 14 heteroatoms. The third-order valence-electron chi connectivity index (χ3n) is 5.64. The second-order valence-corrected chi connectivity index (χ2v) is 10.4. The fourth-order valence-electron chi connectivity index (χ4n) is 4.09. The lowest BCUT2D eigenvalue weighted by atomic mass is 9.82. The number of ether oxygens (including phenoxy) is 1. The third-order valence-corrected chi connectivity index (χ3v) is 7.51. The van der Waals surface area contributed by atoms with Gasteiger partial charge in [-0.2, -0.15) is 16.8 Å². The standard InChI is InChI=1S/C22H19N3O9S2/c1-34-14-7-6-10(9-23)22(36(31,32)33)19(14)25-13-8-15(35(28,29)30)18(24)17-16(13)20(26)11-4-2-3-5-12(11)21(17)27/h2-8,25H,9,23-24H2,1H3,(H,28,29,30)(H,31,32,33). The van der Waals surface area contributed by atoms with Gasteiger partial charge in [-0.25, -0.2) is 0 Å². The lowest BCUT2D eigenvalue weighted by Crippen LogP contribution is -2.25. The summed E-state index contributed by atoms with van der Waals surface area (Å²) in [5, 5.41) is 2.60. The average molecular weight is 534 g/mol. The quantitative estimate of drug-likeness (QED) is 0.177. The number of carbonyl (C=O) groups is 2. The maximum atomic E-state index is 13.5. The van der Waals surface area contributed by atoms with Crippen LogP contribution in [0.1, 0.15) is 37.4 Å². The number of hydrogen-bond acceptors (Lipinski definition) is 10. The van der Waals surface area contributed by atoms with E-state index in [9.17, 15) is 35.5 Å². The molecule has 0 saturated heterocycles. The summed E-state index contributed by atoms with van der Waals surface area (Å²) in [4.78, 5) is 25.2. The van der Waals surface area contributed by atoms with Crippen molar-refractivity contribution in [3.63, 3.8) is 0 Å². The van der Waals surface area contributed by atoms with Gasteiger partial charge in [-0.3, -0.25) is 18.7 Å². The minimum absolute atomic E-state index is 0.00488. The van der Waals surface area contributed by atoms with Gasteiger partial charge in [-0.15, -0.1) is 0 Å². The summed E-state index contributed by atoms with van der Waals surface area (Å²) in [6.45, 7) is -0.325. The van der Waals surface area contributed by atoms with E-state index in [0.29, 0.717) is 0 Å². The van der Waals surface area contributed by atoms with E-state index in [0.717, 1.165) is 6.07 Å². The molecule has 4 rings (SSSR count). The van der Waals surface area contributed by atoms with Crippen molar-refractivity contribution in [2.75, 3.05) is 18.2 Å². The smallest absolute Gasteiger partial charge is 0.297 e. The molecule has 0 unspecified atom stereocenters. The predicted octanol–water partition coefficient (Wildman–Crippen LogP) is 1.75. The number of carbonyl (C=O) groups excluding carboxylic acids is 2. The Morgan fingerprint density at radius 2 is 1.50 bits per heavy atom. The van der Waals surface area contributed by atoms with Gasteiger partial charge in [0.1, 0.15) is 21.2 Å². The van der Waals surface area contributed by atoms with E-state index in [4.69, 9.17) is 16.2 Å². The zero-order valence-corrected chi connectivity index (χ0v) is 20.1. The van der Waals surface area contributed by atoms with Crippen molar-refractivity contribution in [1.29, 1.82) is 0 Å². The second kappa shape index (κ2) is 8.69. The molecule has 0 amide bonds. The Balaban J connectivity index is 2.11. The first-order valence-corrected chi connectivity index (χ1v) is 13.0. The van der Waals surface area contributed by atoms with Crippen LogP contribution in [-0.2, 0) is 26.8 Å². The Morgan fingerprint density at radius 1 is 0.917 bits per heavy atom. The third kappa shape index (κ3) is 4.00. The summed E-state index contributed by atoms with van der Waals surface area (Å²) in [6, 6.07) is 9.16. The fraction of sp³-hybridized carbons (Fsp3) is 0.0909. The molecule has 0 spiro atoms. The van der Waals surface area contributed by atoms with Crippen LogP contribution in [0.2, 0.25) is 0 Å². The average Bonchev–Trinajstić information content (AvgIpc) is 2.81. The molecule has 0 heterocycles. The van der Waals surface area contributed by atoms with Crippen LogP contribution in [0, 0.1) is 0 Å². The van der Waals surface area contributed by atoms with Gasteiger partial charge in [0.25, 0.3) is 20.2 Å². The number of hydrogen-bond donors (Lipinski definition) is 5. The van der Waals surface area contributed by atoms with Gasteiger partial charge in [-0.1, -0.05) is 30.3 Å². The Kier molecular flexibility index (Phi) is 6.10. The molecule has 36 heavy (non-hydrogen) atoms. The number of nitrogens with one attached hydrogen (secondary N) is 1. The highest BCUT2D eigenvalue weighted by molar-refractivity contribution is 7.86. The summed E-state index contributed by atoms with van der Waals surface area (Å²) in [6.07, 6.45) is 0. The van der Waals surface area contributed by atoms with E-state index in [2.05, 4.69) is 5.32 Å². The number of methoxy groups -OCH3 is 1. The molecule has 0 saturated carbocycles. The number of anilines is 3. The van der Waals surface area contributed by atoms with Gasteiger partial charge in [0.15, 0.2) is 11.6 Å². The van der Waals surface area contributed by atoms with Crippen molar-refractivity contribution in [3.8, 4) is 5.75 Å². The summed E-state index contributed by atoms with van der Waals surface area (Å²) in [5.41, 5.74) is 9.18. The monoisotopic (exact) mass is 533 g/mol. The molecule has 0 radical (unpaired) electrons. The molecule has 0 fully saturated rings. The first kappa shape index (κ1) is 25.3. The van der Waals surface area contributed by atoms with Crippen molar-refractivity contribution in [2.45, 2.75) is 16.3 Å². The van der Waals surface area contributed by atoms with Gasteiger partial charge < -0.3 is 21.5 Å². The maximum Gasteiger partial charge on any atom is 0.297 e. The lowest BCUT2D eigenvalue weighted by molar-refractivity contribution is 0.0980. The predicted molar refractivity (Wildman–Crippen MR) is 128 cm³/mol. The Morgan fingerprint density at radius 3 is 2.00 bits per heavy atom. The molecule has 7 N–H and O–H groups in total. The van der Waals surface area contributed by atoms with Gasteiger partial charge in [-0.05, 0) is 17.7 Å². The van der Waals surface area contributed by atoms with E-state index in [1.807, 2.05) is 0 Å². The van der Waals surface area contributed by atoms with Gasteiger partial charge >= 0.3 is 0 Å². The zero-order valence-electron chi connectivity index (χ0n) is 18.5. The van der Waals surface area contributed by atoms with Gasteiger partial charge in [0.2, 0.25) is 0 Å². The maximum absolute atomic E-state index is 13.5. The van der Waals surface area contributed by atoms with Crippen molar-refractivity contribution in [2.24, 2.45) is 5.73 Å². The number of nitrogen functional groups attached to an aromatic ring is 1. The molecule has 188 valence electrons. The minimum atomic E-state index is -5.01.